The summed E-state index contributed by atoms with van der Waals surface area (Å²) in [6.45, 7) is 0.990. The third kappa shape index (κ3) is 2.92. The van der Waals surface area contributed by atoms with Crippen LogP contribution in [-0.2, 0) is 6.42 Å². The second kappa shape index (κ2) is 7.30. The first kappa shape index (κ1) is 18.4. The molecule has 0 atom stereocenters. The van der Waals surface area contributed by atoms with Crippen LogP contribution >= 0.6 is 0 Å². The number of para-hydroxylation sites is 1. The highest BCUT2D eigenvalue weighted by atomic mass is 16.5. The summed E-state index contributed by atoms with van der Waals surface area (Å²) in [6, 6.07) is 16.5. The first-order valence-corrected chi connectivity index (χ1v) is 9.88. The van der Waals surface area contributed by atoms with E-state index < -0.39 is 0 Å². The highest BCUT2D eigenvalue weighted by Gasteiger charge is 2.18. The van der Waals surface area contributed by atoms with Crippen LogP contribution in [0.15, 0.2) is 48.5 Å². The molecule has 1 aliphatic heterocycles. The molecule has 152 valence electrons. The lowest BCUT2D eigenvalue weighted by Crippen LogP contribution is -1.96. The Morgan fingerprint density at radius 1 is 0.867 bits per heavy atom. The van der Waals surface area contributed by atoms with E-state index in [1.807, 2.05) is 24.3 Å². The van der Waals surface area contributed by atoms with Crippen molar-refractivity contribution in [1.29, 1.82) is 0 Å². The Kier molecular flexibility index (Phi) is 4.47. The van der Waals surface area contributed by atoms with Crippen molar-refractivity contribution in [2.45, 2.75) is 6.42 Å². The summed E-state index contributed by atoms with van der Waals surface area (Å²) in [5.41, 5.74) is 7.47. The number of aromatic amines is 1. The van der Waals surface area contributed by atoms with Crippen molar-refractivity contribution in [3.63, 3.8) is 0 Å². The average molecular weight is 401 g/mol. The lowest BCUT2D eigenvalue weighted by Gasteiger charge is -2.14. The van der Waals surface area contributed by atoms with Gasteiger partial charge in [-0.25, -0.2) is 4.98 Å². The largest absolute Gasteiger partial charge is 0.493 e. The van der Waals surface area contributed by atoms with E-state index in [4.69, 9.17) is 19.2 Å². The van der Waals surface area contributed by atoms with E-state index in [1.165, 1.54) is 11.3 Å². The first-order valence-electron chi connectivity index (χ1n) is 9.88. The number of benzene rings is 3. The van der Waals surface area contributed by atoms with Gasteiger partial charge in [0.1, 0.15) is 5.82 Å². The minimum Gasteiger partial charge on any atom is -0.493 e. The Hall–Kier alpha value is -3.67. The van der Waals surface area contributed by atoms with Crippen molar-refractivity contribution < 1.29 is 14.2 Å². The van der Waals surface area contributed by atoms with Crippen molar-refractivity contribution in [3.05, 3.63) is 54.1 Å². The fraction of sp³-hybridized carbons (Fsp3) is 0.208. The maximum Gasteiger partial charge on any atom is 0.203 e. The number of nitrogens with one attached hydrogen (secondary N) is 2. The fourth-order valence-electron chi connectivity index (χ4n) is 4.09. The van der Waals surface area contributed by atoms with Crippen LogP contribution in [0.5, 0.6) is 17.2 Å². The monoisotopic (exact) mass is 401 g/mol. The van der Waals surface area contributed by atoms with Crippen LogP contribution in [-0.4, -0.2) is 37.8 Å². The van der Waals surface area contributed by atoms with Crippen molar-refractivity contribution in [1.82, 2.24) is 9.97 Å². The zero-order valence-corrected chi connectivity index (χ0v) is 17.2. The highest BCUT2D eigenvalue weighted by molar-refractivity contribution is 5.94. The number of ether oxygens (including phenoxy) is 3. The van der Waals surface area contributed by atoms with E-state index in [9.17, 15) is 0 Å². The van der Waals surface area contributed by atoms with Crippen LogP contribution in [0.4, 0.5) is 5.69 Å². The molecule has 30 heavy (non-hydrogen) atoms. The predicted molar refractivity (Wildman–Crippen MR) is 119 cm³/mol. The summed E-state index contributed by atoms with van der Waals surface area (Å²) in [5.74, 6) is 2.67. The van der Waals surface area contributed by atoms with Crippen LogP contribution in [0.2, 0.25) is 0 Å². The zero-order chi connectivity index (χ0) is 20.7. The van der Waals surface area contributed by atoms with Crippen LogP contribution in [0.3, 0.4) is 0 Å². The number of anilines is 1. The van der Waals surface area contributed by atoms with Gasteiger partial charge in [0.05, 0.1) is 32.4 Å². The molecule has 2 heterocycles. The van der Waals surface area contributed by atoms with Crippen LogP contribution in [0.25, 0.3) is 33.5 Å². The average Bonchev–Trinajstić information content (AvgIpc) is 3.43. The lowest BCUT2D eigenvalue weighted by molar-refractivity contribution is 0.324. The Morgan fingerprint density at radius 2 is 1.67 bits per heavy atom. The van der Waals surface area contributed by atoms with Gasteiger partial charge in [-0.3, -0.25) is 0 Å². The molecule has 0 fully saturated rings. The number of methoxy groups -OCH3 is 3. The van der Waals surface area contributed by atoms with E-state index in [0.717, 1.165) is 46.5 Å². The number of nitrogens with zero attached hydrogens (tertiary/aromatic N) is 1. The molecule has 0 radical (unpaired) electrons. The van der Waals surface area contributed by atoms with Crippen molar-refractivity contribution >= 4 is 16.7 Å². The Bertz CT molecular complexity index is 1220. The highest BCUT2D eigenvalue weighted by Crippen LogP contribution is 2.42. The van der Waals surface area contributed by atoms with Gasteiger partial charge < -0.3 is 24.5 Å². The standard InChI is InChI=1S/C24H23N3O3/c1-28-20-12-16(13-21(29-2)23(20)30-3)17-5-4-6-19-22(17)27-24(26-19)15-7-8-18-14(11-15)9-10-25-18/h4-8,11-13,25H,9-10H2,1-3H3,(H,26,27). The van der Waals surface area contributed by atoms with E-state index in [2.05, 4.69) is 34.6 Å². The summed E-state index contributed by atoms with van der Waals surface area (Å²) in [5, 5.41) is 3.40. The van der Waals surface area contributed by atoms with Gasteiger partial charge in [-0.1, -0.05) is 12.1 Å². The summed E-state index contributed by atoms with van der Waals surface area (Å²) in [6.07, 6.45) is 1.04. The van der Waals surface area contributed by atoms with Crippen molar-refractivity contribution in [2.75, 3.05) is 33.2 Å². The minimum absolute atomic E-state index is 0.574. The van der Waals surface area contributed by atoms with Gasteiger partial charge in [0.2, 0.25) is 5.75 Å². The van der Waals surface area contributed by atoms with Gasteiger partial charge in [0.25, 0.3) is 0 Å². The molecule has 3 aromatic carbocycles. The number of hydrogen-bond acceptors (Lipinski definition) is 5. The second-order valence-electron chi connectivity index (χ2n) is 7.25. The van der Waals surface area contributed by atoms with E-state index in [-0.39, 0.29) is 0 Å². The number of fused-ring (bicyclic) bond motifs is 2. The number of H-pyrrole nitrogens is 1. The van der Waals surface area contributed by atoms with Gasteiger partial charge in [0, 0.05) is 23.4 Å². The number of imidazole rings is 1. The fourth-order valence-corrected chi connectivity index (χ4v) is 4.09. The van der Waals surface area contributed by atoms with E-state index in [0.29, 0.717) is 17.2 Å². The van der Waals surface area contributed by atoms with E-state index >= 15 is 0 Å². The van der Waals surface area contributed by atoms with Gasteiger partial charge in [-0.15, -0.1) is 0 Å². The number of hydrogen-bond donors (Lipinski definition) is 2. The topological polar surface area (TPSA) is 68.4 Å². The van der Waals surface area contributed by atoms with Gasteiger partial charge >= 0.3 is 0 Å². The molecule has 2 N–H and O–H groups in total. The smallest absolute Gasteiger partial charge is 0.203 e. The molecule has 0 saturated heterocycles. The van der Waals surface area contributed by atoms with Crippen molar-refractivity contribution in [3.8, 4) is 39.8 Å². The molecule has 0 spiro atoms. The Labute approximate surface area is 174 Å². The van der Waals surface area contributed by atoms with Gasteiger partial charge in [0.15, 0.2) is 11.5 Å². The zero-order valence-electron chi connectivity index (χ0n) is 17.2. The Balaban J connectivity index is 1.65. The third-order valence-electron chi connectivity index (χ3n) is 5.58. The molecule has 6 nitrogen and oxygen atoms in total. The molecule has 0 bridgehead atoms. The lowest BCUT2D eigenvalue weighted by atomic mass is 10.0. The SMILES string of the molecule is COc1cc(-c2cccc3[nH]c(-c4ccc5c(c4)CCN5)nc23)cc(OC)c1OC. The van der Waals surface area contributed by atoms with Crippen molar-refractivity contribution in [2.24, 2.45) is 0 Å². The molecule has 4 aromatic rings. The third-order valence-corrected chi connectivity index (χ3v) is 5.58. The predicted octanol–water partition coefficient (Wildman–Crippen LogP) is 4.89. The molecule has 0 amide bonds. The van der Waals surface area contributed by atoms with Crippen LogP contribution < -0.4 is 19.5 Å². The molecule has 0 aliphatic carbocycles. The summed E-state index contributed by atoms with van der Waals surface area (Å²) >= 11 is 0. The normalized spacial score (nSPS) is 12.5. The first-order chi connectivity index (χ1) is 14.7. The summed E-state index contributed by atoms with van der Waals surface area (Å²) in [7, 11) is 4.85. The maximum absolute atomic E-state index is 5.53. The summed E-state index contributed by atoms with van der Waals surface area (Å²) in [4.78, 5) is 8.42. The van der Waals surface area contributed by atoms with Crippen LogP contribution in [0.1, 0.15) is 5.56 Å². The second-order valence-corrected chi connectivity index (χ2v) is 7.25. The molecule has 0 saturated carbocycles. The number of aromatic nitrogens is 2. The molecule has 6 heteroatoms. The molecule has 1 aromatic heterocycles. The molecular weight excluding hydrogens is 378 g/mol. The van der Waals surface area contributed by atoms with Gasteiger partial charge in [-0.2, -0.15) is 0 Å². The molecule has 1 aliphatic rings. The van der Waals surface area contributed by atoms with E-state index in [1.54, 1.807) is 21.3 Å². The van der Waals surface area contributed by atoms with Gasteiger partial charge in [-0.05, 0) is 53.9 Å². The molecule has 0 unspecified atom stereocenters. The molecular formula is C24H23N3O3. The minimum atomic E-state index is 0.574. The van der Waals surface area contributed by atoms with Crippen LogP contribution in [0, 0.1) is 0 Å². The maximum atomic E-state index is 5.53. The Morgan fingerprint density at radius 3 is 2.40 bits per heavy atom. The molecule has 5 rings (SSSR count). The summed E-state index contributed by atoms with van der Waals surface area (Å²) < 4.78 is 16.5. The quantitative estimate of drug-likeness (QED) is 0.498. The number of rotatable bonds is 5.